The lowest BCUT2D eigenvalue weighted by Gasteiger charge is -2.08. The number of halogens is 2. The van der Waals surface area contributed by atoms with Gasteiger partial charge in [0, 0.05) is 30.7 Å². The Bertz CT molecular complexity index is 303. The summed E-state index contributed by atoms with van der Waals surface area (Å²) in [6, 6.07) is 5.17. The molecule has 2 nitrogen and oxygen atoms in total. The lowest BCUT2D eigenvalue weighted by atomic mass is 10.3. The van der Waals surface area contributed by atoms with Gasteiger partial charge < -0.3 is 9.47 Å². The van der Waals surface area contributed by atoms with Crippen molar-refractivity contribution in [3.63, 3.8) is 0 Å². The molecule has 0 saturated heterocycles. The molecule has 0 atom stereocenters. The van der Waals surface area contributed by atoms with Gasteiger partial charge in [0.25, 0.3) is 0 Å². The molecule has 0 spiro atoms. The molecule has 0 aliphatic rings. The lowest BCUT2D eigenvalue weighted by molar-refractivity contribution is 0.131. The second-order valence-electron chi connectivity index (χ2n) is 2.97. The summed E-state index contributed by atoms with van der Waals surface area (Å²) >= 11 is 11.7. The SMILES string of the molecule is CCOCCCOc1cc(Cl)ccc1Cl. The van der Waals surface area contributed by atoms with Crippen molar-refractivity contribution in [2.24, 2.45) is 0 Å². The number of benzene rings is 1. The van der Waals surface area contributed by atoms with Gasteiger partial charge in [-0.25, -0.2) is 0 Å². The van der Waals surface area contributed by atoms with E-state index in [1.165, 1.54) is 0 Å². The van der Waals surface area contributed by atoms with E-state index >= 15 is 0 Å². The molecule has 0 radical (unpaired) electrons. The highest BCUT2D eigenvalue weighted by molar-refractivity contribution is 6.34. The molecule has 1 rings (SSSR count). The Morgan fingerprint density at radius 1 is 1.20 bits per heavy atom. The molecule has 0 aliphatic carbocycles. The van der Waals surface area contributed by atoms with E-state index in [0.717, 1.165) is 13.0 Å². The normalized spacial score (nSPS) is 10.3. The van der Waals surface area contributed by atoms with E-state index in [9.17, 15) is 0 Å². The van der Waals surface area contributed by atoms with E-state index in [1.54, 1.807) is 18.2 Å². The summed E-state index contributed by atoms with van der Waals surface area (Å²) in [5, 5.41) is 1.20. The second kappa shape index (κ2) is 6.94. The predicted octanol–water partition coefficient (Wildman–Crippen LogP) is 3.80. The van der Waals surface area contributed by atoms with Gasteiger partial charge in [0.1, 0.15) is 5.75 Å². The summed E-state index contributed by atoms with van der Waals surface area (Å²) in [4.78, 5) is 0. The van der Waals surface area contributed by atoms with Gasteiger partial charge in [-0.1, -0.05) is 23.2 Å². The van der Waals surface area contributed by atoms with Crippen molar-refractivity contribution < 1.29 is 9.47 Å². The molecule has 0 fully saturated rings. The first kappa shape index (κ1) is 12.6. The first-order chi connectivity index (χ1) is 7.24. The highest BCUT2D eigenvalue weighted by atomic mass is 35.5. The molecule has 0 unspecified atom stereocenters. The maximum Gasteiger partial charge on any atom is 0.139 e. The van der Waals surface area contributed by atoms with Crippen molar-refractivity contribution in [1.82, 2.24) is 0 Å². The fourth-order valence-corrected chi connectivity index (χ4v) is 1.41. The van der Waals surface area contributed by atoms with Crippen LogP contribution in [0.25, 0.3) is 0 Å². The smallest absolute Gasteiger partial charge is 0.139 e. The van der Waals surface area contributed by atoms with E-state index in [2.05, 4.69) is 0 Å². The van der Waals surface area contributed by atoms with E-state index in [-0.39, 0.29) is 0 Å². The molecule has 0 aromatic heterocycles. The Kier molecular flexibility index (Phi) is 5.84. The third-order valence-corrected chi connectivity index (χ3v) is 2.34. The summed E-state index contributed by atoms with van der Waals surface area (Å²) < 4.78 is 10.7. The molecule has 1 aromatic rings. The summed E-state index contributed by atoms with van der Waals surface area (Å²) in [5.41, 5.74) is 0. The van der Waals surface area contributed by atoms with Crippen LogP contribution in [0.15, 0.2) is 18.2 Å². The van der Waals surface area contributed by atoms with Crippen LogP contribution >= 0.6 is 23.2 Å². The third-order valence-electron chi connectivity index (χ3n) is 1.79. The van der Waals surface area contributed by atoms with Crippen molar-refractivity contribution in [3.8, 4) is 5.75 Å². The van der Waals surface area contributed by atoms with Crippen LogP contribution in [0.5, 0.6) is 5.75 Å². The van der Waals surface area contributed by atoms with Crippen molar-refractivity contribution >= 4 is 23.2 Å². The highest BCUT2D eigenvalue weighted by Crippen LogP contribution is 2.27. The van der Waals surface area contributed by atoms with E-state index in [1.807, 2.05) is 6.92 Å². The Labute approximate surface area is 100 Å². The summed E-state index contributed by atoms with van der Waals surface area (Å²) in [6.07, 6.45) is 0.844. The summed E-state index contributed by atoms with van der Waals surface area (Å²) in [6.45, 7) is 3.99. The molecule has 0 heterocycles. The average molecular weight is 249 g/mol. The standard InChI is InChI=1S/C11H14Cl2O2/c1-2-14-6-3-7-15-11-8-9(12)4-5-10(11)13/h4-5,8H,2-3,6-7H2,1H3. The summed E-state index contributed by atoms with van der Waals surface area (Å²) in [7, 11) is 0. The van der Waals surface area contributed by atoms with Crippen LogP contribution in [0.1, 0.15) is 13.3 Å². The van der Waals surface area contributed by atoms with Gasteiger partial charge in [0.2, 0.25) is 0 Å². The topological polar surface area (TPSA) is 18.5 Å². The molecule has 0 aliphatic heterocycles. The molecule has 84 valence electrons. The molecule has 0 amide bonds. The summed E-state index contributed by atoms with van der Waals surface area (Å²) in [5.74, 6) is 0.626. The van der Waals surface area contributed by atoms with Gasteiger partial charge in [-0.3, -0.25) is 0 Å². The van der Waals surface area contributed by atoms with Gasteiger partial charge in [0.15, 0.2) is 0 Å². The van der Waals surface area contributed by atoms with Crippen LogP contribution in [0.3, 0.4) is 0 Å². The Hall–Kier alpha value is -0.440. The molecule has 0 N–H and O–H groups in total. The van der Waals surface area contributed by atoms with Gasteiger partial charge in [-0.2, -0.15) is 0 Å². The van der Waals surface area contributed by atoms with Crippen LogP contribution in [0, 0.1) is 0 Å². The molecule has 4 heteroatoms. The van der Waals surface area contributed by atoms with E-state index in [4.69, 9.17) is 32.7 Å². The minimum Gasteiger partial charge on any atom is -0.492 e. The van der Waals surface area contributed by atoms with Crippen molar-refractivity contribution in [2.75, 3.05) is 19.8 Å². The van der Waals surface area contributed by atoms with Crippen LogP contribution in [-0.4, -0.2) is 19.8 Å². The number of ether oxygens (including phenoxy) is 2. The monoisotopic (exact) mass is 248 g/mol. The number of rotatable bonds is 6. The zero-order chi connectivity index (χ0) is 11.1. The Morgan fingerprint density at radius 2 is 2.00 bits per heavy atom. The third kappa shape index (κ3) is 4.74. The first-order valence-electron chi connectivity index (χ1n) is 4.89. The van der Waals surface area contributed by atoms with Crippen molar-refractivity contribution in [2.45, 2.75) is 13.3 Å². The molecule has 0 saturated carbocycles. The van der Waals surface area contributed by atoms with Gasteiger partial charge in [-0.05, 0) is 19.1 Å². The minimum absolute atomic E-state index is 0.579. The van der Waals surface area contributed by atoms with Crippen LogP contribution in [0.4, 0.5) is 0 Å². The van der Waals surface area contributed by atoms with Crippen molar-refractivity contribution in [1.29, 1.82) is 0 Å². The van der Waals surface area contributed by atoms with E-state index < -0.39 is 0 Å². The predicted molar refractivity (Wildman–Crippen MR) is 63.1 cm³/mol. The zero-order valence-corrected chi connectivity index (χ0v) is 10.1. The fourth-order valence-electron chi connectivity index (χ4n) is 1.08. The lowest BCUT2D eigenvalue weighted by Crippen LogP contribution is -2.03. The van der Waals surface area contributed by atoms with Crippen molar-refractivity contribution in [3.05, 3.63) is 28.2 Å². The van der Waals surface area contributed by atoms with E-state index in [0.29, 0.717) is 29.0 Å². The average Bonchev–Trinajstić information content (AvgIpc) is 2.23. The van der Waals surface area contributed by atoms with Crippen LogP contribution in [0.2, 0.25) is 10.0 Å². The fraction of sp³-hybridized carbons (Fsp3) is 0.455. The van der Waals surface area contributed by atoms with Gasteiger partial charge in [0.05, 0.1) is 11.6 Å². The first-order valence-corrected chi connectivity index (χ1v) is 5.65. The molecular weight excluding hydrogens is 235 g/mol. The largest absolute Gasteiger partial charge is 0.492 e. The molecular formula is C11H14Cl2O2. The number of hydrogen-bond donors (Lipinski definition) is 0. The quantitative estimate of drug-likeness (QED) is 0.714. The van der Waals surface area contributed by atoms with Crippen LogP contribution < -0.4 is 4.74 Å². The Balaban J connectivity index is 2.33. The van der Waals surface area contributed by atoms with Gasteiger partial charge in [-0.15, -0.1) is 0 Å². The molecule has 1 aromatic carbocycles. The maximum absolute atomic E-state index is 5.92. The second-order valence-corrected chi connectivity index (χ2v) is 3.82. The Morgan fingerprint density at radius 3 is 2.73 bits per heavy atom. The van der Waals surface area contributed by atoms with Gasteiger partial charge >= 0.3 is 0 Å². The zero-order valence-electron chi connectivity index (χ0n) is 8.63. The maximum atomic E-state index is 5.92. The molecule has 0 bridgehead atoms. The highest BCUT2D eigenvalue weighted by Gasteiger charge is 2.01. The molecule has 15 heavy (non-hydrogen) atoms. The number of hydrogen-bond acceptors (Lipinski definition) is 2. The van der Waals surface area contributed by atoms with Crippen LogP contribution in [-0.2, 0) is 4.74 Å². The minimum atomic E-state index is 0.579.